The number of fused-ring (bicyclic) bond motifs is 1. The van der Waals surface area contributed by atoms with E-state index in [-0.39, 0.29) is 11.6 Å². The molecule has 0 N–H and O–H groups in total. The van der Waals surface area contributed by atoms with Crippen LogP contribution in [0.25, 0.3) is 22.3 Å². The van der Waals surface area contributed by atoms with Crippen LogP contribution in [0.3, 0.4) is 0 Å². The van der Waals surface area contributed by atoms with E-state index in [2.05, 4.69) is 27.6 Å². The van der Waals surface area contributed by atoms with E-state index in [9.17, 15) is 9.60 Å². The highest BCUT2D eigenvalue weighted by molar-refractivity contribution is 14.1. The van der Waals surface area contributed by atoms with Gasteiger partial charge in [-0.15, -0.1) is 0 Å². The van der Waals surface area contributed by atoms with Crippen LogP contribution in [-0.2, 0) is 0 Å². The number of aryl methyl sites for hydroxylation is 1. The lowest BCUT2D eigenvalue weighted by Crippen LogP contribution is -2.34. The van der Waals surface area contributed by atoms with Gasteiger partial charge in [0.2, 0.25) is 0 Å². The molecule has 1 aromatic heterocycles. The predicted molar refractivity (Wildman–Crippen MR) is 83.6 cm³/mol. The Kier molecular flexibility index (Phi) is 3.29. The fourth-order valence-electron chi connectivity index (χ4n) is 2.10. The van der Waals surface area contributed by atoms with E-state index in [0.717, 1.165) is 19.2 Å². The lowest BCUT2D eigenvalue weighted by molar-refractivity contribution is -0.601. The summed E-state index contributed by atoms with van der Waals surface area (Å²) in [5.41, 5.74) is 1.95. The largest absolute Gasteiger partial charge is 0.710 e. The standard InChI is InChI=1S/C15H10FIN2O/c1-9-13-8-12(17)6-7-14(13)18-15(19(9)20)10-2-4-11(16)5-3-10/h2-8H,1H3. The summed E-state index contributed by atoms with van der Waals surface area (Å²) in [6, 6.07) is 11.5. The first-order valence-electron chi connectivity index (χ1n) is 6.01. The minimum absolute atomic E-state index is 0.288. The average molecular weight is 380 g/mol. The number of benzene rings is 2. The molecule has 0 saturated carbocycles. The average Bonchev–Trinajstić information content (AvgIpc) is 2.44. The van der Waals surface area contributed by atoms with Crippen LogP contribution >= 0.6 is 22.6 Å². The highest BCUT2D eigenvalue weighted by Gasteiger charge is 2.17. The van der Waals surface area contributed by atoms with Gasteiger partial charge in [-0.05, 0) is 77.0 Å². The van der Waals surface area contributed by atoms with Gasteiger partial charge in [-0.25, -0.2) is 9.12 Å². The fourth-order valence-corrected chi connectivity index (χ4v) is 2.60. The Balaban J connectivity index is 2.29. The van der Waals surface area contributed by atoms with Crippen LogP contribution in [0.5, 0.6) is 0 Å². The van der Waals surface area contributed by atoms with Crippen molar-refractivity contribution < 1.29 is 9.12 Å². The first kappa shape index (κ1) is 13.2. The molecule has 0 unspecified atom stereocenters. The SMILES string of the molecule is Cc1c2cc(I)ccc2nc(-c2ccc(F)cc2)[n+]1[O-]. The van der Waals surface area contributed by atoms with Gasteiger partial charge in [-0.2, -0.15) is 0 Å². The van der Waals surface area contributed by atoms with Crippen LogP contribution < -0.4 is 4.73 Å². The molecule has 2 aromatic carbocycles. The minimum atomic E-state index is -0.335. The monoisotopic (exact) mass is 380 g/mol. The molecule has 3 nitrogen and oxygen atoms in total. The third-order valence-corrected chi connectivity index (χ3v) is 3.85. The van der Waals surface area contributed by atoms with Gasteiger partial charge < -0.3 is 5.21 Å². The van der Waals surface area contributed by atoms with Crippen LogP contribution in [0.4, 0.5) is 4.39 Å². The number of hydrogen-bond acceptors (Lipinski definition) is 2. The molecule has 0 radical (unpaired) electrons. The minimum Gasteiger partial charge on any atom is -0.710 e. The molecule has 0 aliphatic heterocycles. The van der Waals surface area contributed by atoms with Crippen molar-refractivity contribution >= 4 is 33.5 Å². The van der Waals surface area contributed by atoms with Crippen LogP contribution in [-0.4, -0.2) is 4.98 Å². The highest BCUT2D eigenvalue weighted by atomic mass is 127. The Bertz CT molecular complexity index is 803. The number of hydrogen-bond donors (Lipinski definition) is 0. The van der Waals surface area contributed by atoms with Crippen molar-refractivity contribution in [3.63, 3.8) is 0 Å². The fraction of sp³-hybridized carbons (Fsp3) is 0.0667. The molecule has 0 aliphatic rings. The first-order chi connectivity index (χ1) is 9.56. The maximum absolute atomic E-state index is 13.0. The van der Waals surface area contributed by atoms with Crippen molar-refractivity contribution in [2.24, 2.45) is 0 Å². The third kappa shape index (κ3) is 2.22. The van der Waals surface area contributed by atoms with Crippen molar-refractivity contribution in [3.8, 4) is 11.4 Å². The Labute approximate surface area is 128 Å². The van der Waals surface area contributed by atoms with Crippen molar-refractivity contribution in [1.29, 1.82) is 0 Å². The summed E-state index contributed by atoms with van der Waals surface area (Å²) in [6.45, 7) is 1.76. The molecule has 20 heavy (non-hydrogen) atoms. The molecule has 0 saturated heterocycles. The van der Waals surface area contributed by atoms with Gasteiger partial charge in [0.15, 0.2) is 5.52 Å². The summed E-state index contributed by atoms with van der Waals surface area (Å²) in [6.07, 6.45) is 0. The van der Waals surface area contributed by atoms with Gasteiger partial charge in [-0.3, -0.25) is 0 Å². The molecular weight excluding hydrogens is 370 g/mol. The molecule has 0 aliphatic carbocycles. The van der Waals surface area contributed by atoms with Crippen molar-refractivity contribution in [2.45, 2.75) is 6.92 Å². The molecular formula is C15H10FIN2O. The molecule has 100 valence electrons. The van der Waals surface area contributed by atoms with Gasteiger partial charge in [0.1, 0.15) is 11.5 Å². The smallest absolute Gasteiger partial charge is 0.334 e. The third-order valence-electron chi connectivity index (χ3n) is 3.17. The molecule has 1 heterocycles. The first-order valence-corrected chi connectivity index (χ1v) is 7.09. The molecule has 5 heteroatoms. The second kappa shape index (κ2) is 4.97. The van der Waals surface area contributed by atoms with Gasteiger partial charge in [0, 0.05) is 3.57 Å². The number of nitrogens with zero attached hydrogens (tertiary/aromatic N) is 2. The van der Waals surface area contributed by atoms with Gasteiger partial charge in [0.25, 0.3) is 0 Å². The van der Waals surface area contributed by atoms with E-state index < -0.39 is 0 Å². The van der Waals surface area contributed by atoms with E-state index in [4.69, 9.17) is 0 Å². The van der Waals surface area contributed by atoms with Crippen LogP contribution in [0.1, 0.15) is 5.69 Å². The van der Waals surface area contributed by atoms with Crippen molar-refractivity contribution in [3.05, 3.63) is 62.8 Å². The van der Waals surface area contributed by atoms with E-state index >= 15 is 0 Å². The normalized spacial score (nSPS) is 10.9. The lowest BCUT2D eigenvalue weighted by atomic mass is 10.1. The molecule has 0 fully saturated rings. The zero-order valence-electron chi connectivity index (χ0n) is 10.6. The quantitative estimate of drug-likeness (QED) is 0.368. The maximum Gasteiger partial charge on any atom is 0.334 e. The predicted octanol–water partition coefficient (Wildman–Crippen LogP) is 3.59. The summed E-state index contributed by atoms with van der Waals surface area (Å²) in [4.78, 5) is 4.40. The summed E-state index contributed by atoms with van der Waals surface area (Å²) in [5, 5.41) is 13.2. The van der Waals surface area contributed by atoms with Gasteiger partial charge >= 0.3 is 5.82 Å². The zero-order chi connectivity index (χ0) is 14.3. The van der Waals surface area contributed by atoms with E-state index in [1.165, 1.54) is 12.1 Å². The Morgan fingerprint density at radius 1 is 1.15 bits per heavy atom. The van der Waals surface area contributed by atoms with Gasteiger partial charge in [-0.1, -0.05) is 0 Å². The second-order valence-corrected chi connectivity index (χ2v) is 5.73. The number of aromatic nitrogens is 2. The lowest BCUT2D eigenvalue weighted by Gasteiger charge is -2.11. The summed E-state index contributed by atoms with van der Waals surface area (Å²) >= 11 is 2.20. The van der Waals surface area contributed by atoms with E-state index in [1.807, 2.05) is 18.2 Å². The van der Waals surface area contributed by atoms with Crippen molar-refractivity contribution in [1.82, 2.24) is 4.98 Å². The Hall–Kier alpha value is -1.76. The van der Waals surface area contributed by atoms with E-state index in [1.54, 1.807) is 19.1 Å². The van der Waals surface area contributed by atoms with Crippen molar-refractivity contribution in [2.75, 3.05) is 0 Å². The summed E-state index contributed by atoms with van der Waals surface area (Å²) in [7, 11) is 0. The summed E-state index contributed by atoms with van der Waals surface area (Å²) in [5.74, 6) is -0.0468. The van der Waals surface area contributed by atoms with Crippen LogP contribution in [0.15, 0.2) is 42.5 Å². The Morgan fingerprint density at radius 2 is 1.85 bits per heavy atom. The van der Waals surface area contributed by atoms with Gasteiger partial charge in [0.05, 0.1) is 10.9 Å². The highest BCUT2D eigenvalue weighted by Crippen LogP contribution is 2.21. The van der Waals surface area contributed by atoms with Crippen LogP contribution in [0, 0.1) is 21.5 Å². The summed E-state index contributed by atoms with van der Waals surface area (Å²) < 4.78 is 14.8. The Morgan fingerprint density at radius 3 is 2.55 bits per heavy atom. The molecule has 3 rings (SSSR count). The van der Waals surface area contributed by atoms with Crippen LogP contribution in [0.2, 0.25) is 0 Å². The molecule has 0 atom stereocenters. The maximum atomic E-state index is 13.0. The zero-order valence-corrected chi connectivity index (χ0v) is 12.8. The topological polar surface area (TPSA) is 39.8 Å². The second-order valence-electron chi connectivity index (χ2n) is 4.48. The number of halogens is 2. The molecule has 3 aromatic rings. The molecule has 0 bridgehead atoms. The van der Waals surface area contributed by atoms with E-state index in [0.29, 0.717) is 11.3 Å². The number of rotatable bonds is 1. The molecule has 0 amide bonds. The molecule has 0 spiro atoms.